The number of fused-ring (bicyclic) bond motifs is 1. The first-order chi connectivity index (χ1) is 14.1. The predicted molar refractivity (Wildman–Crippen MR) is 108 cm³/mol. The maximum Gasteiger partial charge on any atom is 0.260 e. The molecule has 29 heavy (non-hydrogen) atoms. The third-order valence-corrected chi connectivity index (χ3v) is 5.19. The summed E-state index contributed by atoms with van der Waals surface area (Å²) >= 11 is 0. The normalized spacial score (nSPS) is 12.9. The summed E-state index contributed by atoms with van der Waals surface area (Å²) in [5.74, 6) is 0.622. The molecular weight excluding hydrogens is 366 g/mol. The molecule has 7 nitrogen and oxygen atoms in total. The van der Waals surface area contributed by atoms with Gasteiger partial charge in [-0.15, -0.1) is 0 Å². The Kier molecular flexibility index (Phi) is 3.94. The summed E-state index contributed by atoms with van der Waals surface area (Å²) in [6, 6.07) is 15.3. The van der Waals surface area contributed by atoms with E-state index >= 15 is 0 Å². The van der Waals surface area contributed by atoms with Gasteiger partial charge in [-0.05, 0) is 43.3 Å². The zero-order valence-corrected chi connectivity index (χ0v) is 15.9. The summed E-state index contributed by atoms with van der Waals surface area (Å²) in [6.07, 6.45) is 5.46. The molecular formula is C22H19N5O2. The van der Waals surface area contributed by atoms with Crippen LogP contribution in [0.15, 0.2) is 71.9 Å². The quantitative estimate of drug-likeness (QED) is 0.589. The van der Waals surface area contributed by atoms with Gasteiger partial charge in [-0.25, -0.2) is 4.68 Å². The van der Waals surface area contributed by atoms with Crippen molar-refractivity contribution in [2.75, 3.05) is 0 Å². The van der Waals surface area contributed by atoms with Gasteiger partial charge in [-0.2, -0.15) is 5.10 Å². The molecule has 1 aliphatic heterocycles. The van der Waals surface area contributed by atoms with E-state index in [1.165, 1.54) is 11.8 Å². The van der Waals surface area contributed by atoms with Gasteiger partial charge in [0.25, 0.3) is 11.5 Å². The first kappa shape index (κ1) is 17.2. The van der Waals surface area contributed by atoms with Gasteiger partial charge < -0.3 is 14.5 Å². The minimum atomic E-state index is -0.377. The second-order valence-corrected chi connectivity index (χ2v) is 7.16. The molecule has 1 N–H and O–H groups in total. The third kappa shape index (κ3) is 2.87. The van der Waals surface area contributed by atoms with Crippen LogP contribution in [0.25, 0.3) is 11.5 Å². The van der Waals surface area contributed by atoms with Crippen molar-refractivity contribution >= 4 is 5.91 Å². The van der Waals surface area contributed by atoms with Crippen molar-refractivity contribution in [3.8, 4) is 11.5 Å². The smallest absolute Gasteiger partial charge is 0.260 e. The molecule has 0 fully saturated rings. The molecule has 0 bridgehead atoms. The zero-order valence-electron chi connectivity index (χ0n) is 15.9. The molecule has 1 aromatic carbocycles. The second kappa shape index (κ2) is 6.63. The molecule has 4 heterocycles. The summed E-state index contributed by atoms with van der Waals surface area (Å²) in [6.45, 7) is 2.83. The third-order valence-electron chi connectivity index (χ3n) is 5.19. The number of benzene rings is 1. The number of H-pyrrole nitrogens is 1. The molecule has 0 saturated carbocycles. The fraction of sp³-hybridized carbons (Fsp3) is 0.136. The number of nitrogens with one attached hydrogen (secondary N) is 1. The van der Waals surface area contributed by atoms with E-state index in [9.17, 15) is 9.59 Å². The summed E-state index contributed by atoms with van der Waals surface area (Å²) in [4.78, 5) is 29.1. The van der Waals surface area contributed by atoms with Crippen LogP contribution in [-0.2, 0) is 13.1 Å². The van der Waals surface area contributed by atoms with Crippen LogP contribution in [0.4, 0.5) is 0 Å². The highest BCUT2D eigenvalue weighted by molar-refractivity contribution is 5.94. The van der Waals surface area contributed by atoms with Gasteiger partial charge in [0.05, 0.1) is 24.5 Å². The van der Waals surface area contributed by atoms with Gasteiger partial charge in [0.15, 0.2) is 0 Å². The molecule has 7 heteroatoms. The predicted octanol–water partition coefficient (Wildman–Crippen LogP) is 2.82. The highest BCUT2D eigenvalue weighted by atomic mass is 16.2. The van der Waals surface area contributed by atoms with Crippen molar-refractivity contribution in [3.05, 3.63) is 99.9 Å². The number of aryl methyl sites for hydroxylation is 1. The lowest BCUT2D eigenvalue weighted by Gasteiger charge is -2.17. The van der Waals surface area contributed by atoms with E-state index in [0.717, 1.165) is 22.8 Å². The van der Waals surface area contributed by atoms with Gasteiger partial charge in [-0.1, -0.05) is 17.7 Å². The van der Waals surface area contributed by atoms with Gasteiger partial charge in [0, 0.05) is 24.2 Å². The fourth-order valence-electron chi connectivity index (χ4n) is 3.71. The molecule has 0 saturated heterocycles. The Morgan fingerprint density at radius 3 is 2.52 bits per heavy atom. The van der Waals surface area contributed by atoms with E-state index in [2.05, 4.69) is 24.0 Å². The number of amides is 1. The Morgan fingerprint density at radius 2 is 1.79 bits per heavy atom. The van der Waals surface area contributed by atoms with Gasteiger partial charge in [0.2, 0.25) is 0 Å². The Hall–Kier alpha value is -3.87. The lowest BCUT2D eigenvalue weighted by atomic mass is 10.2. The molecule has 5 rings (SSSR count). The molecule has 0 atom stereocenters. The van der Waals surface area contributed by atoms with Crippen LogP contribution in [0, 0.1) is 6.92 Å². The van der Waals surface area contributed by atoms with Gasteiger partial charge >= 0.3 is 0 Å². The summed E-state index contributed by atoms with van der Waals surface area (Å²) in [5, 5.41) is 4.81. The number of aromatic nitrogens is 4. The number of pyridine rings is 1. The Bertz CT molecular complexity index is 1250. The number of hydrogen-bond donors (Lipinski definition) is 1. The number of nitrogens with zero attached hydrogens (tertiary/aromatic N) is 4. The van der Waals surface area contributed by atoms with E-state index in [-0.39, 0.29) is 17.0 Å². The standard InChI is InChI=1S/C22H19N5O2/c1-15-6-8-16(9-7-15)27-21(25-11-2-3-12-25)18-13-26(14-19(18)24-27)22(29)17-5-4-10-23-20(17)28/h2-12H,13-14H2,1H3,(H,23,28). The Morgan fingerprint density at radius 1 is 1.03 bits per heavy atom. The summed E-state index contributed by atoms with van der Waals surface area (Å²) < 4.78 is 3.93. The minimum Gasteiger partial charge on any atom is -0.328 e. The van der Waals surface area contributed by atoms with Crippen molar-refractivity contribution in [1.82, 2.24) is 24.2 Å². The summed E-state index contributed by atoms with van der Waals surface area (Å²) in [5.41, 5.74) is 3.74. The van der Waals surface area contributed by atoms with Gasteiger partial charge in [-0.3, -0.25) is 9.59 Å². The lowest BCUT2D eigenvalue weighted by Crippen LogP contribution is -2.31. The van der Waals surface area contributed by atoms with Crippen LogP contribution in [-0.4, -0.2) is 30.1 Å². The van der Waals surface area contributed by atoms with Gasteiger partial charge in [0.1, 0.15) is 11.4 Å². The van der Waals surface area contributed by atoms with E-state index in [1.54, 1.807) is 17.0 Å². The Balaban J connectivity index is 1.56. The molecule has 1 aliphatic rings. The first-order valence-electron chi connectivity index (χ1n) is 9.40. The average Bonchev–Trinajstić information content (AvgIpc) is 3.44. The first-order valence-corrected chi connectivity index (χ1v) is 9.40. The maximum absolute atomic E-state index is 12.9. The van der Waals surface area contributed by atoms with Crippen LogP contribution in [0.3, 0.4) is 0 Å². The molecule has 0 unspecified atom stereocenters. The highest BCUT2D eigenvalue weighted by Crippen LogP contribution is 2.31. The number of hydrogen-bond acceptors (Lipinski definition) is 3. The van der Waals surface area contributed by atoms with E-state index < -0.39 is 0 Å². The minimum absolute atomic E-state index is 0.145. The van der Waals surface area contributed by atoms with E-state index in [0.29, 0.717) is 13.1 Å². The largest absolute Gasteiger partial charge is 0.328 e. The van der Waals surface area contributed by atoms with Crippen molar-refractivity contribution in [2.45, 2.75) is 20.0 Å². The van der Waals surface area contributed by atoms with Crippen molar-refractivity contribution in [1.29, 1.82) is 0 Å². The molecule has 144 valence electrons. The topological polar surface area (TPSA) is 75.9 Å². The maximum atomic E-state index is 12.9. The molecule has 4 aromatic rings. The molecule has 0 spiro atoms. The second-order valence-electron chi connectivity index (χ2n) is 7.16. The van der Waals surface area contributed by atoms with Crippen molar-refractivity contribution < 1.29 is 4.79 Å². The average molecular weight is 385 g/mol. The van der Waals surface area contributed by atoms with E-state index in [4.69, 9.17) is 5.10 Å². The molecule has 0 radical (unpaired) electrons. The number of carbonyl (C=O) groups is 1. The number of carbonyl (C=O) groups excluding carboxylic acids is 1. The Labute approximate surface area is 166 Å². The molecule has 0 aliphatic carbocycles. The van der Waals surface area contributed by atoms with Crippen LogP contribution >= 0.6 is 0 Å². The summed E-state index contributed by atoms with van der Waals surface area (Å²) in [7, 11) is 0. The van der Waals surface area contributed by atoms with Crippen LogP contribution < -0.4 is 5.56 Å². The number of rotatable bonds is 3. The number of aromatic amines is 1. The monoisotopic (exact) mass is 385 g/mol. The van der Waals surface area contributed by atoms with Crippen LogP contribution in [0.1, 0.15) is 27.2 Å². The lowest BCUT2D eigenvalue weighted by molar-refractivity contribution is 0.0747. The highest BCUT2D eigenvalue weighted by Gasteiger charge is 2.32. The molecule has 1 amide bonds. The van der Waals surface area contributed by atoms with Crippen molar-refractivity contribution in [3.63, 3.8) is 0 Å². The zero-order chi connectivity index (χ0) is 20.0. The van der Waals surface area contributed by atoms with E-state index in [1.807, 2.05) is 45.9 Å². The van der Waals surface area contributed by atoms with Crippen LogP contribution in [0.2, 0.25) is 0 Å². The SMILES string of the molecule is Cc1ccc(-n2nc3c(c2-n2cccc2)CN(C(=O)c2ccc[nH]c2=O)C3)cc1. The fourth-order valence-corrected chi connectivity index (χ4v) is 3.71. The van der Waals surface area contributed by atoms with Crippen LogP contribution in [0.5, 0.6) is 0 Å². The molecule has 3 aromatic heterocycles. The van der Waals surface area contributed by atoms with Crippen molar-refractivity contribution in [2.24, 2.45) is 0 Å².